The Hall–Kier alpha value is -10.3. The zero-order valence-electron chi connectivity index (χ0n) is 40.6. The first-order valence-corrected chi connectivity index (χ1v) is 25.3. The van der Waals surface area contributed by atoms with E-state index in [0.29, 0.717) is 34.9 Å². The Bertz CT molecular complexity index is 4130. The van der Waals surface area contributed by atoms with Crippen LogP contribution in [-0.2, 0) is 0 Å². The van der Waals surface area contributed by atoms with E-state index < -0.39 is 0 Å². The van der Waals surface area contributed by atoms with E-state index in [-0.39, 0.29) is 11.8 Å². The summed E-state index contributed by atoms with van der Waals surface area (Å²) in [5, 5.41) is 0. The molecule has 10 nitrogen and oxygen atoms in total. The van der Waals surface area contributed by atoms with E-state index in [1.54, 1.807) is 24.8 Å². The zero-order chi connectivity index (χ0) is 50.1. The van der Waals surface area contributed by atoms with Gasteiger partial charge in [-0.05, 0) is 92.0 Å². The van der Waals surface area contributed by atoms with Gasteiger partial charge in [-0.25, -0.2) is 29.9 Å². The number of fused-ring (bicyclic) bond motifs is 2. The molecular weight excluding hydrogens is 933 g/mol. The summed E-state index contributed by atoms with van der Waals surface area (Å²) in [4.78, 5) is 48.8. The fourth-order valence-corrected chi connectivity index (χ4v) is 11.1. The average Bonchev–Trinajstić information content (AvgIpc) is 3.58. The molecule has 3 aliphatic rings. The lowest BCUT2D eigenvalue weighted by molar-refractivity contribution is 0.754. The monoisotopic (exact) mass is 972 g/mol. The van der Waals surface area contributed by atoms with E-state index >= 15 is 0 Å². The minimum Gasteiger partial charge on any atom is -0.253 e. The maximum atomic E-state index is 5.21. The van der Waals surface area contributed by atoms with Gasteiger partial charge in [-0.15, -0.1) is 0 Å². The Morgan fingerprint density at radius 2 is 0.487 bits per heavy atom. The molecule has 2 atom stereocenters. The third kappa shape index (κ3) is 7.50. The minimum absolute atomic E-state index is 0.00862. The van der Waals surface area contributed by atoms with Crippen molar-refractivity contribution in [1.82, 2.24) is 49.8 Å². The molecule has 354 valence electrons. The molecule has 4 aromatic heterocycles. The van der Waals surface area contributed by atoms with Crippen molar-refractivity contribution >= 4 is 22.1 Å². The van der Waals surface area contributed by atoms with Crippen LogP contribution in [0.4, 0.5) is 0 Å². The highest BCUT2D eigenvalue weighted by molar-refractivity contribution is 5.84. The molecule has 13 aromatic rings. The van der Waals surface area contributed by atoms with Gasteiger partial charge in [0.25, 0.3) is 0 Å². The first kappa shape index (κ1) is 43.3. The van der Waals surface area contributed by atoms with Crippen molar-refractivity contribution in [3.63, 3.8) is 0 Å². The lowest BCUT2D eigenvalue weighted by Gasteiger charge is -2.42. The molecule has 9 aromatic carbocycles. The van der Waals surface area contributed by atoms with Crippen LogP contribution in [0.1, 0.15) is 45.2 Å². The molecule has 76 heavy (non-hydrogen) atoms. The summed E-state index contributed by atoms with van der Waals surface area (Å²) in [5.41, 5.74) is 20.9. The summed E-state index contributed by atoms with van der Waals surface area (Å²) in [5.74, 6) is 3.66. The standard InChI is InChI=1S/C66H40N10/c1-3-9-41(10-4-1)61-71-63(43-19-15-39(16-20-43)45-25-29-55-57(37-45)69-33-31-67-55)75-65(73-61)47-23-27-51-53(35-47)59-49-13-7-8-14-50(49)60(51)54-36-48(24-28-52(54)59)66-74-62(42-11-5-2-6-12-42)72-64(76-66)44-21-17-40(18-22-44)46-26-30-56-58(38-46)70-34-32-68-56/h1-38,59-60H. The molecule has 0 saturated carbocycles. The molecule has 0 N–H and O–H groups in total. The predicted molar refractivity (Wildman–Crippen MR) is 298 cm³/mol. The van der Waals surface area contributed by atoms with Crippen molar-refractivity contribution < 1.29 is 0 Å². The molecule has 2 bridgehead atoms. The fraction of sp³-hybridized carbons (Fsp3) is 0.0303. The van der Waals surface area contributed by atoms with Crippen LogP contribution >= 0.6 is 0 Å². The quantitative estimate of drug-likeness (QED) is 0.145. The number of rotatable bonds is 8. The second-order valence-electron chi connectivity index (χ2n) is 19.2. The highest BCUT2D eigenvalue weighted by atomic mass is 15.0. The van der Waals surface area contributed by atoms with Crippen LogP contribution in [0.5, 0.6) is 0 Å². The second kappa shape index (κ2) is 17.7. The van der Waals surface area contributed by atoms with E-state index in [1.165, 1.54) is 33.4 Å². The van der Waals surface area contributed by atoms with Gasteiger partial charge in [0.05, 0.1) is 22.1 Å². The Kier molecular flexibility index (Phi) is 10.1. The average molecular weight is 973 g/mol. The predicted octanol–water partition coefficient (Wildman–Crippen LogP) is 14.3. The van der Waals surface area contributed by atoms with E-state index in [2.05, 4.69) is 153 Å². The lowest BCUT2D eigenvalue weighted by atomic mass is 9.61. The van der Waals surface area contributed by atoms with Crippen LogP contribution in [-0.4, -0.2) is 49.8 Å². The summed E-state index contributed by atoms with van der Waals surface area (Å²) < 4.78 is 0. The van der Waals surface area contributed by atoms with E-state index in [9.17, 15) is 0 Å². The third-order valence-corrected chi connectivity index (χ3v) is 14.8. The van der Waals surface area contributed by atoms with Crippen LogP contribution in [0, 0.1) is 0 Å². The highest BCUT2D eigenvalue weighted by Crippen LogP contribution is 2.56. The van der Waals surface area contributed by atoms with Gasteiger partial charge in [0.1, 0.15) is 0 Å². The van der Waals surface area contributed by atoms with Crippen molar-refractivity contribution in [3.05, 3.63) is 264 Å². The van der Waals surface area contributed by atoms with Gasteiger partial charge in [0.15, 0.2) is 34.9 Å². The number of benzene rings is 9. The largest absolute Gasteiger partial charge is 0.253 e. The first-order valence-electron chi connectivity index (χ1n) is 25.3. The number of nitrogens with zero attached hydrogens (tertiary/aromatic N) is 10. The summed E-state index contributed by atoms with van der Waals surface area (Å²) in [6.07, 6.45) is 6.88. The van der Waals surface area contributed by atoms with Gasteiger partial charge in [-0.2, -0.15) is 0 Å². The minimum atomic E-state index is -0.00862. The van der Waals surface area contributed by atoms with Crippen molar-refractivity contribution in [2.75, 3.05) is 0 Å². The lowest BCUT2D eigenvalue weighted by Crippen LogP contribution is -2.27. The second-order valence-corrected chi connectivity index (χ2v) is 19.2. The van der Waals surface area contributed by atoms with E-state index in [0.717, 1.165) is 77.7 Å². The maximum Gasteiger partial charge on any atom is 0.164 e. The van der Waals surface area contributed by atoms with Crippen LogP contribution in [0.3, 0.4) is 0 Å². The van der Waals surface area contributed by atoms with Gasteiger partial charge < -0.3 is 0 Å². The molecule has 3 aliphatic carbocycles. The molecule has 0 spiro atoms. The van der Waals surface area contributed by atoms with Gasteiger partial charge in [0.2, 0.25) is 0 Å². The van der Waals surface area contributed by atoms with Gasteiger partial charge >= 0.3 is 0 Å². The Labute approximate surface area is 436 Å². The van der Waals surface area contributed by atoms with Gasteiger partial charge in [0, 0.05) is 70.0 Å². The zero-order valence-corrected chi connectivity index (χ0v) is 40.6. The number of aromatic nitrogens is 10. The highest BCUT2D eigenvalue weighted by Gasteiger charge is 2.41. The SMILES string of the molecule is c1ccc(-c2nc(-c3ccc(-c4ccc5nccnc5c4)cc3)nc(-c3ccc4c(c3)C3c5ccccc5C4c4cc(-c5nc(-c6ccccc6)nc(-c6ccc(-c7ccc8nccnc8c7)cc6)n5)ccc43)n2)cc1. The van der Waals surface area contributed by atoms with Gasteiger partial charge in [-0.1, -0.05) is 170 Å². The van der Waals surface area contributed by atoms with Crippen molar-refractivity contribution in [2.45, 2.75) is 11.8 Å². The molecule has 0 radical (unpaired) electrons. The van der Waals surface area contributed by atoms with Crippen molar-refractivity contribution in [2.24, 2.45) is 0 Å². The van der Waals surface area contributed by atoms with Gasteiger partial charge in [-0.3, -0.25) is 19.9 Å². The molecule has 0 fully saturated rings. The van der Waals surface area contributed by atoms with Crippen LogP contribution in [0.25, 0.3) is 113 Å². The van der Waals surface area contributed by atoms with E-state index in [4.69, 9.17) is 29.9 Å². The Morgan fingerprint density at radius 1 is 0.197 bits per heavy atom. The molecular formula is C66H40N10. The van der Waals surface area contributed by atoms with Crippen LogP contribution < -0.4 is 0 Å². The van der Waals surface area contributed by atoms with E-state index in [1.807, 2.05) is 72.8 Å². The third-order valence-electron chi connectivity index (χ3n) is 14.8. The summed E-state index contributed by atoms with van der Waals surface area (Å²) in [6, 6.07) is 71.8. The molecule has 0 amide bonds. The fourth-order valence-electron chi connectivity index (χ4n) is 11.1. The first-order chi connectivity index (χ1) is 37.6. The van der Waals surface area contributed by atoms with Crippen LogP contribution in [0.2, 0.25) is 0 Å². The summed E-state index contributed by atoms with van der Waals surface area (Å²) in [6.45, 7) is 0. The molecule has 10 heteroatoms. The number of hydrogen-bond donors (Lipinski definition) is 0. The molecule has 4 heterocycles. The topological polar surface area (TPSA) is 129 Å². The maximum absolute atomic E-state index is 5.21. The van der Waals surface area contributed by atoms with Crippen molar-refractivity contribution in [1.29, 1.82) is 0 Å². The van der Waals surface area contributed by atoms with Crippen molar-refractivity contribution in [3.8, 4) is 90.6 Å². The smallest absolute Gasteiger partial charge is 0.164 e. The van der Waals surface area contributed by atoms with Crippen LogP contribution in [0.15, 0.2) is 231 Å². The molecule has 0 saturated heterocycles. The normalized spacial score (nSPS) is 14.1. The summed E-state index contributed by atoms with van der Waals surface area (Å²) in [7, 11) is 0. The number of hydrogen-bond acceptors (Lipinski definition) is 10. The molecule has 0 aliphatic heterocycles. The Balaban J connectivity index is 0.801. The Morgan fingerprint density at radius 3 is 0.882 bits per heavy atom. The summed E-state index contributed by atoms with van der Waals surface area (Å²) >= 11 is 0. The molecule has 2 unspecified atom stereocenters. The molecule has 16 rings (SSSR count).